The first-order valence-electron chi connectivity index (χ1n) is 11.4. The maximum absolute atomic E-state index is 10.3. The van der Waals surface area contributed by atoms with Crippen LogP contribution in [0.1, 0.15) is 64.7 Å². The molecule has 0 aromatic heterocycles. The number of aldehydes is 1. The molecule has 0 aliphatic heterocycles. The van der Waals surface area contributed by atoms with E-state index < -0.39 is 12.0 Å². The van der Waals surface area contributed by atoms with Crippen molar-refractivity contribution in [1.82, 2.24) is 0 Å². The summed E-state index contributed by atoms with van der Waals surface area (Å²) in [5.41, 5.74) is 10.7. The van der Waals surface area contributed by atoms with E-state index in [1.54, 1.807) is 35.5 Å². The van der Waals surface area contributed by atoms with Gasteiger partial charge >= 0.3 is 5.97 Å². The molecule has 0 aliphatic carbocycles. The number of nitrogens with zero attached hydrogens (tertiary/aromatic N) is 1. The van der Waals surface area contributed by atoms with Crippen molar-refractivity contribution in [3.8, 4) is 6.07 Å². The maximum atomic E-state index is 10.3. The molecule has 0 heterocycles. The highest BCUT2D eigenvalue weighted by molar-refractivity contribution is 5.72. The predicted octanol–water partition coefficient (Wildman–Crippen LogP) is 2.20. The summed E-state index contributed by atoms with van der Waals surface area (Å²) in [6.45, 7) is 2.01. The number of nitriles is 1. The highest BCUT2D eigenvalue weighted by atomic mass is 16.7. The summed E-state index contributed by atoms with van der Waals surface area (Å²) in [6, 6.07) is 0.904. The minimum absolute atomic E-state index is 0.153. The topological polar surface area (TPSA) is 176 Å². The lowest BCUT2D eigenvalue weighted by Crippen LogP contribution is -2.30. The van der Waals surface area contributed by atoms with Gasteiger partial charge < -0.3 is 45.1 Å². The molecule has 0 radical (unpaired) electrons. The van der Waals surface area contributed by atoms with Crippen LogP contribution in [0.4, 0.5) is 0 Å². The third-order valence-corrected chi connectivity index (χ3v) is 4.78. The van der Waals surface area contributed by atoms with Crippen molar-refractivity contribution in [1.29, 1.82) is 5.26 Å². The van der Waals surface area contributed by atoms with Gasteiger partial charge in [-0.05, 0) is 58.3 Å². The molecular formula is C23H47N3O8. The van der Waals surface area contributed by atoms with Gasteiger partial charge in [0.2, 0.25) is 0 Å². The van der Waals surface area contributed by atoms with Crippen LogP contribution < -0.4 is 11.5 Å². The fourth-order valence-electron chi connectivity index (χ4n) is 2.47. The summed E-state index contributed by atoms with van der Waals surface area (Å²) >= 11 is 0. The first-order valence-corrected chi connectivity index (χ1v) is 11.4. The monoisotopic (exact) mass is 493 g/mol. The molecule has 34 heavy (non-hydrogen) atoms. The largest absolute Gasteiger partial charge is 0.480 e. The Morgan fingerprint density at radius 1 is 0.853 bits per heavy atom. The van der Waals surface area contributed by atoms with E-state index in [0.717, 1.165) is 38.4 Å². The Morgan fingerprint density at radius 2 is 1.32 bits per heavy atom. The quantitative estimate of drug-likeness (QED) is 0.145. The van der Waals surface area contributed by atoms with Gasteiger partial charge in [0.25, 0.3) is 0 Å². The van der Waals surface area contributed by atoms with Crippen molar-refractivity contribution < 1.29 is 38.4 Å². The lowest BCUT2D eigenvalue weighted by molar-refractivity contribution is -0.139. The molecule has 11 nitrogen and oxygen atoms in total. The molecular weight excluding hydrogens is 446 g/mol. The van der Waals surface area contributed by atoms with Crippen LogP contribution in [0, 0.1) is 11.3 Å². The van der Waals surface area contributed by atoms with Crippen LogP contribution in [-0.2, 0) is 33.3 Å². The number of hydrogen-bond acceptors (Lipinski definition) is 10. The van der Waals surface area contributed by atoms with Gasteiger partial charge in [0.15, 0.2) is 12.6 Å². The number of carboxylic acids is 1. The molecule has 0 saturated heterocycles. The fourth-order valence-corrected chi connectivity index (χ4v) is 2.47. The molecule has 202 valence electrons. The Kier molecular flexibility index (Phi) is 30.0. The van der Waals surface area contributed by atoms with Crippen LogP contribution >= 0.6 is 0 Å². The number of carbonyl (C=O) groups is 2. The highest BCUT2D eigenvalue weighted by Gasteiger charge is 2.12. The third kappa shape index (κ3) is 26.6. The number of rotatable bonds is 18. The Labute approximate surface area is 205 Å². The van der Waals surface area contributed by atoms with E-state index in [1.807, 2.05) is 13.0 Å². The second-order valence-electron chi connectivity index (χ2n) is 7.49. The molecule has 0 rings (SSSR count). The second-order valence-corrected chi connectivity index (χ2v) is 7.49. The van der Waals surface area contributed by atoms with Gasteiger partial charge in [0, 0.05) is 42.0 Å². The van der Waals surface area contributed by atoms with Crippen molar-refractivity contribution in [2.75, 3.05) is 35.5 Å². The number of aliphatic carboxylic acids is 1. The van der Waals surface area contributed by atoms with Gasteiger partial charge in [0.05, 0.1) is 18.2 Å². The van der Waals surface area contributed by atoms with Crippen molar-refractivity contribution in [2.45, 2.75) is 95.5 Å². The van der Waals surface area contributed by atoms with Crippen LogP contribution in [0.15, 0.2) is 0 Å². The summed E-state index contributed by atoms with van der Waals surface area (Å²) in [6.07, 6.45) is 7.46. The number of nitrogens with two attached hydrogens (primary N) is 2. The van der Waals surface area contributed by atoms with Crippen LogP contribution in [-0.4, -0.2) is 83.7 Å². The van der Waals surface area contributed by atoms with E-state index in [-0.39, 0.29) is 24.7 Å². The SMILES string of the molecule is COC(C)CCCC(N)C#N.COC(CCCC=O)OC.COC(CCC[C@H](N)C(=O)O)OC. The van der Waals surface area contributed by atoms with Crippen LogP contribution in [0.5, 0.6) is 0 Å². The molecule has 3 atom stereocenters. The van der Waals surface area contributed by atoms with Gasteiger partial charge in [-0.2, -0.15) is 5.26 Å². The number of unbranched alkanes of at least 4 members (excludes halogenated alkanes) is 1. The minimum Gasteiger partial charge on any atom is -0.480 e. The molecule has 0 bridgehead atoms. The molecule has 0 amide bonds. The summed E-state index contributed by atoms with van der Waals surface area (Å²) in [5.74, 6) is -0.966. The normalized spacial score (nSPS) is 13.1. The number of ether oxygens (including phenoxy) is 5. The Bertz CT molecular complexity index is 497. The standard InChI is InChI=1S/C8H16N2O.C8H17NO4.C7H14O3/c1-7(11-2)4-3-5-8(10)6-9;1-12-7(13-2)5-3-4-6(9)8(10)11;1-9-7(10-2)5-3-4-6-8/h7-8H,3-5,10H2,1-2H3;6-7H,3-5,9H2,1-2H3,(H,10,11);6-7H,3-5H2,1-2H3/t;6-;/m.0./s1. The van der Waals surface area contributed by atoms with Crippen LogP contribution in [0.3, 0.4) is 0 Å². The summed E-state index contributed by atoms with van der Waals surface area (Å²) in [5, 5.41) is 16.8. The lowest BCUT2D eigenvalue weighted by atomic mass is 10.1. The van der Waals surface area contributed by atoms with Crippen LogP contribution in [0.25, 0.3) is 0 Å². The average Bonchev–Trinajstić information content (AvgIpc) is 2.84. The van der Waals surface area contributed by atoms with Crippen molar-refractivity contribution in [3.63, 3.8) is 0 Å². The summed E-state index contributed by atoms with van der Waals surface area (Å²) < 4.78 is 24.7. The van der Waals surface area contributed by atoms with Crippen molar-refractivity contribution in [2.24, 2.45) is 11.5 Å². The lowest BCUT2D eigenvalue weighted by Gasteiger charge is -2.13. The van der Waals surface area contributed by atoms with Gasteiger partial charge in [0.1, 0.15) is 12.3 Å². The summed E-state index contributed by atoms with van der Waals surface area (Å²) in [4.78, 5) is 20.2. The van der Waals surface area contributed by atoms with Crippen LogP contribution in [0.2, 0.25) is 0 Å². The number of hydrogen-bond donors (Lipinski definition) is 3. The van der Waals surface area contributed by atoms with Gasteiger partial charge in [-0.3, -0.25) is 4.79 Å². The highest BCUT2D eigenvalue weighted by Crippen LogP contribution is 2.06. The maximum Gasteiger partial charge on any atom is 0.320 e. The molecule has 0 fully saturated rings. The molecule has 0 saturated carbocycles. The predicted molar refractivity (Wildman–Crippen MR) is 129 cm³/mol. The fraction of sp³-hybridized carbons (Fsp3) is 0.870. The van der Waals surface area contributed by atoms with E-state index >= 15 is 0 Å². The zero-order chi connectivity index (χ0) is 26.8. The van der Waals surface area contributed by atoms with Gasteiger partial charge in [-0.25, -0.2) is 0 Å². The van der Waals surface area contributed by atoms with Crippen molar-refractivity contribution in [3.05, 3.63) is 0 Å². The Hall–Kier alpha value is -1.65. The van der Waals surface area contributed by atoms with E-state index in [0.29, 0.717) is 25.7 Å². The molecule has 0 aromatic rings. The zero-order valence-corrected chi connectivity index (χ0v) is 21.7. The van der Waals surface area contributed by atoms with Gasteiger partial charge in [-0.15, -0.1) is 0 Å². The number of carboxylic acid groups (broad SMARTS) is 1. The minimum atomic E-state index is -0.966. The molecule has 11 heteroatoms. The molecule has 0 aliphatic rings. The molecule has 5 N–H and O–H groups in total. The first-order chi connectivity index (χ1) is 16.2. The average molecular weight is 494 g/mol. The molecule has 0 aromatic carbocycles. The third-order valence-electron chi connectivity index (χ3n) is 4.78. The second kappa shape index (κ2) is 27.6. The van der Waals surface area contributed by atoms with E-state index in [4.69, 9.17) is 45.5 Å². The van der Waals surface area contributed by atoms with E-state index in [1.165, 1.54) is 0 Å². The first kappa shape index (κ1) is 36.9. The van der Waals surface area contributed by atoms with Gasteiger partial charge in [-0.1, -0.05) is 0 Å². The number of methoxy groups -OCH3 is 5. The van der Waals surface area contributed by atoms with E-state index in [9.17, 15) is 9.59 Å². The Morgan fingerprint density at radius 3 is 1.71 bits per heavy atom. The van der Waals surface area contributed by atoms with Crippen molar-refractivity contribution >= 4 is 12.3 Å². The zero-order valence-electron chi connectivity index (χ0n) is 21.7. The smallest absolute Gasteiger partial charge is 0.320 e. The summed E-state index contributed by atoms with van der Waals surface area (Å²) in [7, 11) is 7.97. The molecule has 0 spiro atoms. The van der Waals surface area contributed by atoms with E-state index in [2.05, 4.69) is 0 Å². The molecule has 2 unspecified atom stereocenters. The Balaban J connectivity index is -0.000000428. The number of carbonyl (C=O) groups excluding carboxylic acids is 1.